The number of hydrogen-bond donors (Lipinski definition) is 0. The van der Waals surface area contributed by atoms with Gasteiger partial charge in [-0.15, -0.1) is 0 Å². The molecule has 0 aromatic heterocycles. The molecule has 28 heavy (non-hydrogen) atoms. The molecule has 2 aliphatic rings. The van der Waals surface area contributed by atoms with Crippen molar-refractivity contribution in [2.75, 3.05) is 24.5 Å². The highest BCUT2D eigenvalue weighted by molar-refractivity contribution is 7.89. The van der Waals surface area contributed by atoms with E-state index in [1.165, 1.54) is 15.9 Å². The predicted octanol–water partition coefficient (Wildman–Crippen LogP) is 3.47. The summed E-state index contributed by atoms with van der Waals surface area (Å²) in [5, 5.41) is -0.223. The molecule has 0 unspecified atom stereocenters. The zero-order valence-electron chi connectivity index (χ0n) is 15.1. The average molecular weight is 423 g/mol. The minimum absolute atomic E-state index is 0.0304. The van der Waals surface area contributed by atoms with Crippen molar-refractivity contribution in [3.63, 3.8) is 0 Å². The van der Waals surface area contributed by atoms with Gasteiger partial charge in [-0.1, -0.05) is 29.8 Å². The third-order valence-electron chi connectivity index (χ3n) is 5.49. The molecule has 0 saturated carbocycles. The Kier molecular flexibility index (Phi) is 5.16. The van der Waals surface area contributed by atoms with Crippen molar-refractivity contribution in [2.45, 2.75) is 24.2 Å². The van der Waals surface area contributed by atoms with Gasteiger partial charge >= 0.3 is 0 Å². The summed E-state index contributed by atoms with van der Waals surface area (Å²) in [6, 6.07) is 11.3. The minimum atomic E-state index is -3.76. The van der Waals surface area contributed by atoms with E-state index < -0.39 is 15.8 Å². The maximum Gasteiger partial charge on any atom is 0.243 e. The number of halogens is 2. The molecule has 1 saturated heterocycles. The molecule has 2 aromatic rings. The second-order valence-electron chi connectivity index (χ2n) is 7.12. The van der Waals surface area contributed by atoms with E-state index in [1.807, 2.05) is 29.2 Å². The number of anilines is 1. The quantitative estimate of drug-likeness (QED) is 0.761. The van der Waals surface area contributed by atoms with E-state index >= 15 is 0 Å². The standard InChI is InChI=1S/C20H20ClFN2O3S/c21-17-13-16(5-6-18(17)22)28(26,27)23-10-7-15(8-11-23)20(25)24-12-9-14-3-1-2-4-19(14)24/h1-6,13,15H,7-12H2. The Balaban J connectivity index is 1.45. The maximum absolute atomic E-state index is 13.3. The van der Waals surface area contributed by atoms with Crippen LogP contribution in [-0.2, 0) is 21.2 Å². The van der Waals surface area contributed by atoms with E-state index in [-0.39, 0.29) is 34.8 Å². The summed E-state index contributed by atoms with van der Waals surface area (Å²) in [5.41, 5.74) is 2.13. The Labute approximate surface area is 168 Å². The minimum Gasteiger partial charge on any atom is -0.312 e. The molecule has 2 heterocycles. The van der Waals surface area contributed by atoms with Crippen LogP contribution < -0.4 is 4.90 Å². The van der Waals surface area contributed by atoms with Crippen LogP contribution in [-0.4, -0.2) is 38.3 Å². The first kappa shape index (κ1) is 19.4. The number of nitrogens with zero attached hydrogens (tertiary/aromatic N) is 2. The zero-order chi connectivity index (χ0) is 19.9. The molecule has 0 spiro atoms. The van der Waals surface area contributed by atoms with Gasteiger partial charge in [-0.05, 0) is 49.1 Å². The molecule has 0 radical (unpaired) electrons. The third-order valence-corrected chi connectivity index (χ3v) is 7.67. The third kappa shape index (κ3) is 3.43. The van der Waals surface area contributed by atoms with Crippen molar-refractivity contribution in [1.29, 1.82) is 0 Å². The van der Waals surface area contributed by atoms with Gasteiger partial charge in [0.05, 0.1) is 9.92 Å². The van der Waals surface area contributed by atoms with Crippen LogP contribution in [0.2, 0.25) is 5.02 Å². The normalized spacial score (nSPS) is 18.3. The van der Waals surface area contributed by atoms with Gasteiger partial charge in [-0.2, -0.15) is 4.31 Å². The molecule has 2 aliphatic heterocycles. The zero-order valence-corrected chi connectivity index (χ0v) is 16.7. The topological polar surface area (TPSA) is 57.7 Å². The molecule has 0 aliphatic carbocycles. The molecule has 4 rings (SSSR count). The van der Waals surface area contributed by atoms with Crippen molar-refractivity contribution in [2.24, 2.45) is 5.92 Å². The van der Waals surface area contributed by atoms with Gasteiger partial charge in [0, 0.05) is 31.2 Å². The lowest BCUT2D eigenvalue weighted by Gasteiger charge is -2.32. The number of fused-ring (bicyclic) bond motifs is 1. The van der Waals surface area contributed by atoms with Gasteiger partial charge < -0.3 is 4.90 Å². The maximum atomic E-state index is 13.3. The molecule has 8 heteroatoms. The summed E-state index contributed by atoms with van der Waals surface area (Å²) in [4.78, 5) is 14.8. The summed E-state index contributed by atoms with van der Waals surface area (Å²) in [5.74, 6) is -0.794. The van der Waals surface area contributed by atoms with Crippen LogP contribution in [0.1, 0.15) is 18.4 Å². The van der Waals surface area contributed by atoms with Crippen molar-refractivity contribution in [1.82, 2.24) is 4.31 Å². The van der Waals surface area contributed by atoms with Crippen LogP contribution in [0, 0.1) is 11.7 Å². The summed E-state index contributed by atoms with van der Waals surface area (Å²) < 4.78 is 40.3. The van der Waals surface area contributed by atoms with Crippen LogP contribution in [0.4, 0.5) is 10.1 Å². The molecule has 0 bridgehead atoms. The van der Waals surface area contributed by atoms with Crippen LogP contribution >= 0.6 is 11.6 Å². The van der Waals surface area contributed by atoms with Crippen molar-refractivity contribution in [3.05, 3.63) is 58.9 Å². The van der Waals surface area contributed by atoms with Gasteiger partial charge in [-0.25, -0.2) is 12.8 Å². The number of para-hydroxylation sites is 1. The lowest BCUT2D eigenvalue weighted by molar-refractivity contribution is -0.123. The second-order valence-corrected chi connectivity index (χ2v) is 9.47. The van der Waals surface area contributed by atoms with Crippen molar-refractivity contribution < 1.29 is 17.6 Å². The molecule has 1 fully saturated rings. The Morgan fingerprint density at radius 2 is 1.79 bits per heavy atom. The van der Waals surface area contributed by atoms with Gasteiger partial charge in [0.1, 0.15) is 5.82 Å². The Morgan fingerprint density at radius 1 is 1.07 bits per heavy atom. The summed E-state index contributed by atoms with van der Waals surface area (Å²) in [6.07, 6.45) is 1.78. The lowest BCUT2D eigenvalue weighted by atomic mass is 9.96. The first-order valence-corrected chi connectivity index (χ1v) is 11.0. The fourth-order valence-corrected chi connectivity index (χ4v) is 5.66. The smallest absolute Gasteiger partial charge is 0.243 e. The van der Waals surface area contributed by atoms with E-state index in [9.17, 15) is 17.6 Å². The van der Waals surface area contributed by atoms with E-state index in [0.29, 0.717) is 19.4 Å². The molecule has 5 nitrogen and oxygen atoms in total. The molecule has 1 amide bonds. The van der Waals surface area contributed by atoms with Crippen LogP contribution in [0.15, 0.2) is 47.4 Å². The van der Waals surface area contributed by atoms with Gasteiger partial charge in [-0.3, -0.25) is 4.79 Å². The van der Waals surface area contributed by atoms with Crippen LogP contribution in [0.5, 0.6) is 0 Å². The van der Waals surface area contributed by atoms with Crippen LogP contribution in [0.3, 0.4) is 0 Å². The number of hydrogen-bond acceptors (Lipinski definition) is 3. The number of benzene rings is 2. The number of carbonyl (C=O) groups is 1. The molecule has 0 atom stereocenters. The van der Waals surface area contributed by atoms with Gasteiger partial charge in [0.15, 0.2) is 0 Å². The van der Waals surface area contributed by atoms with Gasteiger partial charge in [0.25, 0.3) is 0 Å². The number of piperidine rings is 1. The molecule has 2 aromatic carbocycles. The summed E-state index contributed by atoms with van der Waals surface area (Å²) >= 11 is 5.73. The molecular weight excluding hydrogens is 403 g/mol. The predicted molar refractivity (Wildman–Crippen MR) is 105 cm³/mol. The Hall–Kier alpha value is -1.96. The number of amides is 1. The highest BCUT2D eigenvalue weighted by Crippen LogP contribution is 2.32. The number of carbonyl (C=O) groups excluding carboxylic acids is 1. The largest absolute Gasteiger partial charge is 0.312 e. The SMILES string of the molecule is O=C(C1CCN(S(=O)(=O)c2ccc(F)c(Cl)c2)CC1)N1CCc2ccccc21. The fourth-order valence-electron chi connectivity index (χ4n) is 3.92. The summed E-state index contributed by atoms with van der Waals surface area (Å²) in [7, 11) is -3.76. The monoisotopic (exact) mass is 422 g/mol. The lowest BCUT2D eigenvalue weighted by Crippen LogP contribution is -2.44. The average Bonchev–Trinajstić information content (AvgIpc) is 3.13. The van der Waals surface area contributed by atoms with E-state index in [1.54, 1.807) is 0 Å². The Bertz CT molecular complexity index is 1020. The fraction of sp³-hybridized carbons (Fsp3) is 0.350. The number of rotatable bonds is 3. The van der Waals surface area contributed by atoms with E-state index in [0.717, 1.165) is 24.2 Å². The molecular formula is C20H20ClFN2O3S. The van der Waals surface area contributed by atoms with Gasteiger partial charge in [0.2, 0.25) is 15.9 Å². The summed E-state index contributed by atoms with van der Waals surface area (Å²) in [6.45, 7) is 1.18. The van der Waals surface area contributed by atoms with E-state index in [4.69, 9.17) is 11.6 Å². The number of sulfonamides is 1. The first-order valence-electron chi connectivity index (χ1n) is 9.22. The van der Waals surface area contributed by atoms with Crippen molar-refractivity contribution >= 4 is 33.2 Å². The highest BCUT2D eigenvalue weighted by atomic mass is 35.5. The van der Waals surface area contributed by atoms with E-state index in [2.05, 4.69) is 0 Å². The highest BCUT2D eigenvalue weighted by Gasteiger charge is 2.35. The first-order chi connectivity index (χ1) is 13.4. The van der Waals surface area contributed by atoms with Crippen molar-refractivity contribution in [3.8, 4) is 0 Å². The second kappa shape index (κ2) is 7.46. The Morgan fingerprint density at radius 3 is 2.50 bits per heavy atom. The van der Waals surface area contributed by atoms with Crippen LogP contribution in [0.25, 0.3) is 0 Å². The molecule has 0 N–H and O–H groups in total. The molecule has 148 valence electrons.